The maximum absolute atomic E-state index is 12.0. The third kappa shape index (κ3) is 3.18. The van der Waals surface area contributed by atoms with Crippen LogP contribution in [-0.4, -0.2) is 31.4 Å². The lowest BCUT2D eigenvalue weighted by atomic mass is 10.1. The molecule has 0 radical (unpaired) electrons. The molecule has 0 saturated carbocycles. The smallest absolute Gasteiger partial charge is 0.411 e. The number of benzene rings is 2. The summed E-state index contributed by atoms with van der Waals surface area (Å²) in [5, 5.41) is 19.1. The van der Waals surface area contributed by atoms with Crippen molar-refractivity contribution in [1.82, 2.24) is 20.2 Å². The van der Waals surface area contributed by atoms with Crippen molar-refractivity contribution in [3.8, 4) is 11.3 Å². The number of fused-ring (bicyclic) bond motifs is 2. The second-order valence-electron chi connectivity index (χ2n) is 6.74. The fraction of sp³-hybridized carbons (Fsp3) is 0.0476. The number of furan rings is 1. The normalized spacial score (nSPS) is 11.2. The highest BCUT2D eigenvalue weighted by Crippen LogP contribution is 2.27. The second-order valence-corrected chi connectivity index (χ2v) is 6.74. The van der Waals surface area contributed by atoms with Gasteiger partial charge in [0, 0.05) is 10.9 Å². The molecule has 30 heavy (non-hydrogen) atoms. The van der Waals surface area contributed by atoms with Crippen molar-refractivity contribution in [2.45, 2.75) is 6.42 Å². The van der Waals surface area contributed by atoms with Gasteiger partial charge < -0.3 is 14.5 Å². The van der Waals surface area contributed by atoms with E-state index >= 15 is 0 Å². The summed E-state index contributed by atoms with van der Waals surface area (Å²) >= 11 is 0. The van der Waals surface area contributed by atoms with Gasteiger partial charge in [-0.1, -0.05) is 18.2 Å². The number of aromatic amines is 2. The van der Waals surface area contributed by atoms with Gasteiger partial charge in [-0.05, 0) is 36.4 Å². The highest BCUT2D eigenvalue weighted by Gasteiger charge is 2.12. The Hall–Kier alpha value is -4.40. The minimum absolute atomic E-state index is 0.158. The molecule has 0 aliphatic carbocycles. The van der Waals surface area contributed by atoms with Crippen LogP contribution < -0.4 is 10.9 Å². The maximum Gasteiger partial charge on any atom is 0.411 e. The first-order chi connectivity index (χ1) is 14.6. The number of amides is 1. The molecule has 0 saturated heterocycles. The Balaban J connectivity index is 1.45. The van der Waals surface area contributed by atoms with E-state index in [-0.39, 0.29) is 11.5 Å². The fourth-order valence-corrected chi connectivity index (χ4v) is 3.42. The summed E-state index contributed by atoms with van der Waals surface area (Å²) in [4.78, 5) is 29.8. The van der Waals surface area contributed by atoms with E-state index in [1.807, 2.05) is 42.5 Å². The molecule has 0 spiro atoms. The van der Waals surface area contributed by atoms with E-state index in [4.69, 9.17) is 9.52 Å². The summed E-state index contributed by atoms with van der Waals surface area (Å²) in [7, 11) is 0. The summed E-state index contributed by atoms with van der Waals surface area (Å²) < 4.78 is 6.00. The number of carbonyl (C=O) groups is 1. The molecule has 0 aliphatic rings. The van der Waals surface area contributed by atoms with Crippen LogP contribution in [-0.2, 0) is 6.42 Å². The van der Waals surface area contributed by atoms with Crippen molar-refractivity contribution in [1.29, 1.82) is 0 Å². The Labute approximate surface area is 168 Å². The van der Waals surface area contributed by atoms with Gasteiger partial charge in [-0.2, -0.15) is 5.10 Å². The highest BCUT2D eigenvalue weighted by molar-refractivity contribution is 5.87. The van der Waals surface area contributed by atoms with Crippen LogP contribution in [0.4, 0.5) is 10.7 Å². The van der Waals surface area contributed by atoms with E-state index in [0.717, 1.165) is 16.6 Å². The Morgan fingerprint density at radius 1 is 1.10 bits per heavy atom. The topological polar surface area (TPSA) is 137 Å². The Bertz CT molecular complexity index is 1460. The van der Waals surface area contributed by atoms with E-state index in [1.165, 1.54) is 0 Å². The molecule has 0 fully saturated rings. The molecule has 0 aliphatic heterocycles. The minimum atomic E-state index is -1.19. The molecular formula is C21H15N5O4. The number of H-pyrrole nitrogens is 2. The van der Waals surface area contributed by atoms with Crippen LogP contribution >= 0.6 is 0 Å². The average molecular weight is 401 g/mol. The number of carboxylic acid groups (broad SMARTS) is 1. The van der Waals surface area contributed by atoms with Gasteiger partial charge in [0.05, 0.1) is 28.5 Å². The van der Waals surface area contributed by atoms with E-state index in [9.17, 15) is 9.59 Å². The molecule has 148 valence electrons. The van der Waals surface area contributed by atoms with Gasteiger partial charge in [-0.3, -0.25) is 10.1 Å². The van der Waals surface area contributed by atoms with Crippen molar-refractivity contribution in [3.63, 3.8) is 0 Å². The highest BCUT2D eigenvalue weighted by atomic mass is 16.4. The molecule has 4 N–H and O–H groups in total. The van der Waals surface area contributed by atoms with Gasteiger partial charge in [-0.25, -0.2) is 14.9 Å². The molecule has 9 heteroatoms. The molecule has 3 heterocycles. The Morgan fingerprint density at radius 2 is 1.93 bits per heavy atom. The lowest BCUT2D eigenvalue weighted by Gasteiger charge is -2.03. The van der Waals surface area contributed by atoms with E-state index in [2.05, 4.69) is 25.5 Å². The van der Waals surface area contributed by atoms with Gasteiger partial charge in [0.25, 0.3) is 5.56 Å². The lowest BCUT2D eigenvalue weighted by Crippen LogP contribution is -2.11. The van der Waals surface area contributed by atoms with Crippen molar-refractivity contribution in [2.75, 3.05) is 5.32 Å². The van der Waals surface area contributed by atoms with Crippen LogP contribution in [0.5, 0.6) is 0 Å². The number of imidazole rings is 1. The Kier molecular flexibility index (Phi) is 4.06. The number of hydrogen-bond acceptors (Lipinski definition) is 5. The van der Waals surface area contributed by atoms with E-state index in [1.54, 1.807) is 12.1 Å². The summed E-state index contributed by atoms with van der Waals surface area (Å²) in [6.07, 6.45) is -0.760. The first-order valence-electron chi connectivity index (χ1n) is 9.12. The lowest BCUT2D eigenvalue weighted by molar-refractivity contribution is 0.209. The van der Waals surface area contributed by atoms with Crippen molar-refractivity contribution >= 4 is 33.8 Å². The zero-order valence-electron chi connectivity index (χ0n) is 15.5. The van der Waals surface area contributed by atoms with Crippen LogP contribution in [0.15, 0.2) is 63.8 Å². The van der Waals surface area contributed by atoms with Crippen LogP contribution in [0.3, 0.4) is 0 Å². The van der Waals surface area contributed by atoms with Crippen molar-refractivity contribution < 1.29 is 14.3 Å². The molecule has 5 rings (SSSR count). The van der Waals surface area contributed by atoms with E-state index in [0.29, 0.717) is 34.4 Å². The number of hydrogen-bond donors (Lipinski definition) is 4. The number of anilines is 1. The molecule has 0 unspecified atom stereocenters. The third-order valence-electron chi connectivity index (χ3n) is 4.77. The molecule has 1 amide bonds. The number of nitrogens with one attached hydrogen (secondary N) is 3. The first-order valence-corrected chi connectivity index (χ1v) is 9.12. The monoisotopic (exact) mass is 401 g/mol. The number of rotatable bonds is 4. The summed E-state index contributed by atoms with van der Waals surface area (Å²) in [5.41, 5.74) is 2.64. The molecule has 0 atom stereocenters. The molecule has 3 aromatic heterocycles. The van der Waals surface area contributed by atoms with Crippen molar-refractivity contribution in [3.05, 3.63) is 76.4 Å². The molecule has 9 nitrogen and oxygen atoms in total. The fourth-order valence-electron chi connectivity index (χ4n) is 3.42. The quantitative estimate of drug-likeness (QED) is 0.362. The predicted octanol–water partition coefficient (Wildman–Crippen LogP) is 3.74. The zero-order chi connectivity index (χ0) is 20.7. The molecular weight excluding hydrogens is 386 g/mol. The summed E-state index contributed by atoms with van der Waals surface area (Å²) in [6, 6.07) is 16.5. The van der Waals surface area contributed by atoms with Crippen LogP contribution in [0.1, 0.15) is 11.5 Å². The molecule has 0 bridgehead atoms. The maximum atomic E-state index is 12.0. The SMILES string of the molecule is O=C(O)Nc1nc2ccc(-c3ccc(Cc4n[nH]c(=O)c5ccccc45)o3)cc2[nH]1. The standard InChI is InChI=1S/C21H15N5O4/c27-19-14-4-2-1-3-13(14)16(25-26-19)10-12-6-8-18(30-12)11-5-7-15-17(9-11)23-20(22-15)24-21(28)29/h1-9H,10H2,(H,26,27)(H,28,29)(H2,22,23,24). The predicted molar refractivity (Wildman–Crippen MR) is 111 cm³/mol. The zero-order valence-corrected chi connectivity index (χ0v) is 15.5. The largest absolute Gasteiger partial charge is 0.465 e. The van der Waals surface area contributed by atoms with Crippen LogP contribution in [0.2, 0.25) is 0 Å². The summed E-state index contributed by atoms with van der Waals surface area (Å²) in [5.74, 6) is 1.52. The van der Waals surface area contributed by atoms with Gasteiger partial charge >= 0.3 is 6.09 Å². The number of nitrogens with zero attached hydrogens (tertiary/aromatic N) is 2. The van der Waals surface area contributed by atoms with Crippen molar-refractivity contribution in [2.24, 2.45) is 0 Å². The van der Waals surface area contributed by atoms with Gasteiger partial charge in [0.1, 0.15) is 11.5 Å². The molecule has 5 aromatic rings. The van der Waals surface area contributed by atoms with Gasteiger partial charge in [0.15, 0.2) is 0 Å². The van der Waals surface area contributed by atoms with E-state index < -0.39 is 6.09 Å². The summed E-state index contributed by atoms with van der Waals surface area (Å²) in [6.45, 7) is 0. The minimum Gasteiger partial charge on any atom is -0.465 e. The molecule has 2 aromatic carbocycles. The third-order valence-corrected chi connectivity index (χ3v) is 4.77. The Morgan fingerprint density at radius 3 is 2.77 bits per heavy atom. The number of aromatic nitrogens is 4. The van der Waals surface area contributed by atoms with Gasteiger partial charge in [-0.15, -0.1) is 0 Å². The van der Waals surface area contributed by atoms with Crippen LogP contribution in [0, 0.1) is 0 Å². The average Bonchev–Trinajstić information content (AvgIpc) is 3.35. The van der Waals surface area contributed by atoms with Crippen LogP contribution in [0.25, 0.3) is 33.1 Å². The first kappa shape index (κ1) is 17.7. The second kappa shape index (κ2) is 6.89. The van der Waals surface area contributed by atoms with Gasteiger partial charge in [0.2, 0.25) is 5.95 Å².